The van der Waals surface area contributed by atoms with Gasteiger partial charge in [0.2, 0.25) is 0 Å². The molecule has 0 aromatic heterocycles. The lowest BCUT2D eigenvalue weighted by Gasteiger charge is -2.13. The van der Waals surface area contributed by atoms with Gasteiger partial charge in [-0.15, -0.1) is 0 Å². The van der Waals surface area contributed by atoms with Gasteiger partial charge in [-0.25, -0.2) is 0 Å². The number of rotatable bonds is 22. The van der Waals surface area contributed by atoms with Gasteiger partial charge >= 0.3 is 0 Å². The molecule has 0 spiro atoms. The van der Waals surface area contributed by atoms with Crippen LogP contribution in [0.2, 0.25) is 0 Å². The van der Waals surface area contributed by atoms with Crippen LogP contribution in [0.25, 0.3) is 20.9 Å². The van der Waals surface area contributed by atoms with E-state index < -0.39 is 0 Å². The van der Waals surface area contributed by atoms with Crippen molar-refractivity contribution >= 4 is 0 Å². The van der Waals surface area contributed by atoms with Crippen LogP contribution in [0.3, 0.4) is 0 Å². The van der Waals surface area contributed by atoms with Gasteiger partial charge in [0, 0.05) is 22.9 Å². The number of hydrogen-bond acceptors (Lipinski definition) is 9. The summed E-state index contributed by atoms with van der Waals surface area (Å²) in [7, 11) is 0. The minimum Gasteiger partial charge on any atom is -0.379 e. The Kier molecular flexibility index (Phi) is 22.0. The molecule has 0 amide bonds. The second kappa shape index (κ2) is 23.4. The van der Waals surface area contributed by atoms with Crippen LogP contribution < -0.4 is 5.73 Å². The molecule has 0 saturated carbocycles. The van der Waals surface area contributed by atoms with E-state index in [4.69, 9.17) is 45.2 Å². The third-order valence-corrected chi connectivity index (χ3v) is 2.95. The number of azide groups is 2. The zero-order valence-electron chi connectivity index (χ0n) is 16.2. The van der Waals surface area contributed by atoms with E-state index >= 15 is 0 Å². The molecule has 0 fully saturated rings. The van der Waals surface area contributed by atoms with Crippen LogP contribution in [0.15, 0.2) is 10.2 Å². The molecule has 0 unspecified atom stereocenters. The minimum absolute atomic E-state index is 0.215. The van der Waals surface area contributed by atoms with Gasteiger partial charge in [0.1, 0.15) is 0 Å². The molecule has 2 N–H and O–H groups in total. The van der Waals surface area contributed by atoms with Crippen molar-refractivity contribution in [1.82, 2.24) is 0 Å². The summed E-state index contributed by atoms with van der Waals surface area (Å²) >= 11 is 0. The predicted molar refractivity (Wildman–Crippen MR) is 101 cm³/mol. The van der Waals surface area contributed by atoms with E-state index in [0.717, 1.165) is 0 Å². The van der Waals surface area contributed by atoms with Crippen LogP contribution in [0.1, 0.15) is 0 Å². The fourth-order valence-corrected chi connectivity index (χ4v) is 1.70. The first-order valence-corrected chi connectivity index (χ1v) is 9.05. The molecule has 0 heterocycles. The van der Waals surface area contributed by atoms with Gasteiger partial charge < -0.3 is 34.2 Å². The Morgan fingerprint density at radius 2 is 0.893 bits per heavy atom. The van der Waals surface area contributed by atoms with Crippen LogP contribution in [-0.2, 0) is 28.4 Å². The average molecular weight is 405 g/mol. The zero-order chi connectivity index (χ0) is 20.5. The van der Waals surface area contributed by atoms with Gasteiger partial charge in [0.05, 0.1) is 85.3 Å². The van der Waals surface area contributed by atoms with E-state index in [0.29, 0.717) is 92.4 Å². The standard InChI is InChI=1S/C15H31N7O6/c16-15(13-27-11-9-25-7-5-23-3-1-19-21-17)14-28-12-10-26-8-6-24-4-2-20-22-18/h15H,1-14,16H2. The van der Waals surface area contributed by atoms with Gasteiger partial charge in [0.25, 0.3) is 0 Å². The molecule has 0 aliphatic heterocycles. The molecule has 0 aliphatic rings. The topological polar surface area (TPSA) is 179 Å². The first-order chi connectivity index (χ1) is 13.8. The zero-order valence-corrected chi connectivity index (χ0v) is 16.2. The van der Waals surface area contributed by atoms with Gasteiger partial charge in [-0.3, -0.25) is 0 Å². The summed E-state index contributed by atoms with van der Waals surface area (Å²) in [6.45, 7) is 5.74. The van der Waals surface area contributed by atoms with Crippen molar-refractivity contribution in [2.24, 2.45) is 16.0 Å². The quantitative estimate of drug-likeness (QED) is 0.121. The van der Waals surface area contributed by atoms with E-state index in [-0.39, 0.29) is 6.04 Å². The van der Waals surface area contributed by atoms with Crippen LogP contribution in [0.5, 0.6) is 0 Å². The number of nitrogens with two attached hydrogens (primary N) is 1. The SMILES string of the molecule is [N-]=[N+]=NCCOCCOCCOCC(N)COCCOCCOCCN=[N+]=[N-]. The number of hydrogen-bond donors (Lipinski definition) is 1. The highest BCUT2D eigenvalue weighted by Gasteiger charge is 2.03. The lowest BCUT2D eigenvalue weighted by molar-refractivity contribution is -0.00427. The molecule has 0 atom stereocenters. The normalized spacial score (nSPS) is 11.6. The van der Waals surface area contributed by atoms with Gasteiger partial charge in [-0.1, -0.05) is 10.2 Å². The summed E-state index contributed by atoms with van der Waals surface area (Å²) in [4.78, 5) is 5.25. The van der Waals surface area contributed by atoms with Crippen LogP contribution >= 0.6 is 0 Å². The molecule has 0 aromatic rings. The van der Waals surface area contributed by atoms with E-state index in [1.165, 1.54) is 0 Å². The Bertz CT molecular complexity index is 395. The minimum atomic E-state index is -0.215. The molecule has 162 valence electrons. The Labute approximate surface area is 164 Å². The highest BCUT2D eigenvalue weighted by atomic mass is 16.6. The Hall–Kier alpha value is -1.66. The average Bonchev–Trinajstić information content (AvgIpc) is 2.70. The summed E-state index contributed by atoms with van der Waals surface area (Å²) in [6.07, 6.45) is 0. The lowest BCUT2D eigenvalue weighted by atomic mass is 10.4. The molecule has 0 radical (unpaired) electrons. The monoisotopic (exact) mass is 405 g/mol. The fraction of sp³-hybridized carbons (Fsp3) is 1.00. The lowest BCUT2D eigenvalue weighted by Crippen LogP contribution is -2.32. The van der Waals surface area contributed by atoms with E-state index in [2.05, 4.69) is 20.1 Å². The van der Waals surface area contributed by atoms with Crippen LogP contribution in [0.4, 0.5) is 0 Å². The molecular formula is C15H31N7O6. The number of nitrogens with zero attached hydrogens (tertiary/aromatic N) is 6. The second-order valence-electron chi connectivity index (χ2n) is 5.27. The summed E-state index contributed by atoms with van der Waals surface area (Å²) < 4.78 is 31.8. The largest absolute Gasteiger partial charge is 0.379 e. The molecule has 13 nitrogen and oxygen atoms in total. The molecule has 13 heteroatoms. The van der Waals surface area contributed by atoms with Crippen LogP contribution in [0, 0.1) is 0 Å². The summed E-state index contributed by atoms with van der Waals surface area (Å²) in [5.41, 5.74) is 22.0. The molecule has 0 rings (SSSR count). The van der Waals surface area contributed by atoms with Crippen molar-refractivity contribution in [2.45, 2.75) is 6.04 Å². The maximum Gasteiger partial charge on any atom is 0.0701 e. The van der Waals surface area contributed by atoms with Gasteiger partial charge in [-0.2, -0.15) is 0 Å². The molecule has 28 heavy (non-hydrogen) atoms. The summed E-state index contributed by atoms with van der Waals surface area (Å²) in [5, 5.41) is 6.70. The van der Waals surface area contributed by atoms with Crippen molar-refractivity contribution in [3.8, 4) is 0 Å². The Balaban J connectivity index is 3.18. The Morgan fingerprint density at radius 3 is 1.25 bits per heavy atom. The Morgan fingerprint density at radius 1 is 0.571 bits per heavy atom. The van der Waals surface area contributed by atoms with Crippen molar-refractivity contribution in [2.75, 3.05) is 92.4 Å². The third-order valence-electron chi connectivity index (χ3n) is 2.95. The molecule has 0 aliphatic carbocycles. The summed E-state index contributed by atoms with van der Waals surface area (Å²) in [5.74, 6) is 0. The molecule has 0 bridgehead atoms. The highest BCUT2D eigenvalue weighted by molar-refractivity contribution is 4.57. The third kappa shape index (κ3) is 22.4. The second-order valence-corrected chi connectivity index (χ2v) is 5.27. The van der Waals surface area contributed by atoms with Crippen molar-refractivity contribution in [3.63, 3.8) is 0 Å². The highest BCUT2D eigenvalue weighted by Crippen LogP contribution is 1.88. The smallest absolute Gasteiger partial charge is 0.0701 e. The van der Waals surface area contributed by atoms with Gasteiger partial charge in [0.15, 0.2) is 0 Å². The molecule has 0 saturated heterocycles. The van der Waals surface area contributed by atoms with E-state index in [1.54, 1.807) is 0 Å². The molecule has 0 aromatic carbocycles. The predicted octanol–water partition coefficient (Wildman–Crippen LogP) is 1.03. The molecular weight excluding hydrogens is 374 g/mol. The fourth-order valence-electron chi connectivity index (χ4n) is 1.70. The first kappa shape index (κ1) is 26.3. The van der Waals surface area contributed by atoms with Crippen molar-refractivity contribution in [3.05, 3.63) is 20.9 Å². The van der Waals surface area contributed by atoms with E-state index in [9.17, 15) is 0 Å². The van der Waals surface area contributed by atoms with Crippen molar-refractivity contribution in [1.29, 1.82) is 0 Å². The summed E-state index contributed by atoms with van der Waals surface area (Å²) in [6, 6.07) is -0.215. The number of ether oxygens (including phenoxy) is 6. The van der Waals surface area contributed by atoms with Crippen molar-refractivity contribution < 1.29 is 28.4 Å². The van der Waals surface area contributed by atoms with Crippen LogP contribution in [-0.4, -0.2) is 98.4 Å². The maximum atomic E-state index is 8.08. The van der Waals surface area contributed by atoms with Gasteiger partial charge in [-0.05, 0) is 11.1 Å². The first-order valence-electron chi connectivity index (χ1n) is 9.05. The van der Waals surface area contributed by atoms with E-state index in [1.807, 2.05) is 0 Å². The maximum absolute atomic E-state index is 8.08.